The van der Waals surface area contributed by atoms with Gasteiger partial charge in [-0.2, -0.15) is 0 Å². The van der Waals surface area contributed by atoms with Crippen LogP contribution in [0.5, 0.6) is 0 Å². The van der Waals surface area contributed by atoms with Gasteiger partial charge >= 0.3 is 0 Å². The van der Waals surface area contributed by atoms with Crippen molar-refractivity contribution in [2.24, 2.45) is 5.92 Å². The number of hydrogen-bond donors (Lipinski definition) is 1. The van der Waals surface area contributed by atoms with E-state index in [1.165, 1.54) is 32.1 Å². The van der Waals surface area contributed by atoms with Crippen molar-refractivity contribution in [3.05, 3.63) is 35.7 Å². The molecule has 0 spiro atoms. The lowest BCUT2D eigenvalue weighted by Crippen LogP contribution is -2.30. The molecular formula is C18H23NO3. The molecule has 1 saturated carbocycles. The first kappa shape index (κ1) is 14.9. The van der Waals surface area contributed by atoms with Gasteiger partial charge in [0.1, 0.15) is 11.5 Å². The van der Waals surface area contributed by atoms with Crippen molar-refractivity contribution < 1.29 is 13.6 Å². The highest BCUT2D eigenvalue weighted by molar-refractivity contribution is 6.02. The van der Waals surface area contributed by atoms with E-state index in [0.29, 0.717) is 17.2 Å². The van der Waals surface area contributed by atoms with Gasteiger partial charge in [-0.05, 0) is 38.7 Å². The Hall–Kier alpha value is -1.97. The first-order valence-electron chi connectivity index (χ1n) is 8.07. The van der Waals surface area contributed by atoms with Crippen LogP contribution >= 0.6 is 0 Å². The van der Waals surface area contributed by atoms with Gasteiger partial charge in [0.05, 0.1) is 18.1 Å². The summed E-state index contributed by atoms with van der Waals surface area (Å²) in [7, 11) is 0. The lowest BCUT2D eigenvalue weighted by molar-refractivity contribution is 0.0942. The summed E-state index contributed by atoms with van der Waals surface area (Å²) in [5, 5.41) is 3.10. The summed E-state index contributed by atoms with van der Waals surface area (Å²) in [6.45, 7) is 4.48. The third kappa shape index (κ3) is 2.96. The highest BCUT2D eigenvalue weighted by atomic mass is 16.3. The summed E-state index contributed by atoms with van der Waals surface area (Å²) < 4.78 is 10.8. The molecule has 118 valence electrons. The first-order chi connectivity index (χ1) is 10.7. The highest BCUT2D eigenvalue weighted by Gasteiger charge is 2.24. The maximum Gasteiger partial charge on any atom is 0.255 e. The van der Waals surface area contributed by atoms with Gasteiger partial charge in [-0.1, -0.05) is 19.3 Å². The van der Waals surface area contributed by atoms with Crippen LogP contribution in [0.4, 0.5) is 0 Å². The number of hydrogen-bond acceptors (Lipinski definition) is 3. The number of aryl methyl sites for hydroxylation is 2. The summed E-state index contributed by atoms with van der Waals surface area (Å²) in [5.74, 6) is 1.98. The standard InChI is InChI=1S/C18H23NO3/c1-12-16(15-8-9-21-11-15)17(13(2)22-12)18(20)19-10-14-6-4-3-5-7-14/h8-9,11,14H,3-7,10H2,1-2H3,(H,19,20). The molecule has 0 unspecified atom stereocenters. The van der Waals surface area contributed by atoms with Crippen molar-refractivity contribution in [1.82, 2.24) is 5.32 Å². The van der Waals surface area contributed by atoms with Crippen LogP contribution in [-0.4, -0.2) is 12.5 Å². The molecule has 0 radical (unpaired) electrons. The minimum atomic E-state index is -0.0453. The smallest absolute Gasteiger partial charge is 0.255 e. The number of carbonyl (C=O) groups excluding carboxylic acids is 1. The molecule has 0 aromatic carbocycles. The molecule has 2 aromatic rings. The molecule has 0 atom stereocenters. The Morgan fingerprint density at radius 2 is 2.00 bits per heavy atom. The molecule has 4 heteroatoms. The van der Waals surface area contributed by atoms with E-state index >= 15 is 0 Å². The summed E-state index contributed by atoms with van der Waals surface area (Å²) in [4.78, 5) is 12.6. The van der Waals surface area contributed by atoms with Crippen LogP contribution < -0.4 is 5.32 Å². The van der Waals surface area contributed by atoms with Crippen LogP contribution in [-0.2, 0) is 0 Å². The Morgan fingerprint density at radius 1 is 1.23 bits per heavy atom. The normalized spacial score (nSPS) is 15.9. The molecule has 1 fully saturated rings. The lowest BCUT2D eigenvalue weighted by atomic mass is 9.89. The van der Waals surface area contributed by atoms with Crippen molar-refractivity contribution in [2.45, 2.75) is 46.0 Å². The zero-order valence-electron chi connectivity index (χ0n) is 13.3. The van der Waals surface area contributed by atoms with Crippen molar-refractivity contribution in [2.75, 3.05) is 6.54 Å². The molecule has 3 rings (SSSR count). The monoisotopic (exact) mass is 301 g/mol. The Kier molecular flexibility index (Phi) is 4.36. The second-order valence-corrected chi connectivity index (χ2v) is 6.19. The number of rotatable bonds is 4. The van der Waals surface area contributed by atoms with E-state index in [1.54, 1.807) is 12.5 Å². The van der Waals surface area contributed by atoms with Crippen LogP contribution in [0.15, 0.2) is 27.4 Å². The summed E-state index contributed by atoms with van der Waals surface area (Å²) in [6, 6.07) is 1.86. The molecule has 1 amide bonds. The fourth-order valence-electron chi connectivity index (χ4n) is 3.43. The summed E-state index contributed by atoms with van der Waals surface area (Å²) >= 11 is 0. The SMILES string of the molecule is Cc1oc(C)c(-c2ccoc2)c1C(=O)NCC1CCCCC1. The van der Waals surface area contributed by atoms with Crippen LogP contribution in [0.25, 0.3) is 11.1 Å². The van der Waals surface area contributed by atoms with E-state index in [0.717, 1.165) is 23.4 Å². The van der Waals surface area contributed by atoms with E-state index in [4.69, 9.17) is 8.83 Å². The zero-order chi connectivity index (χ0) is 15.5. The second kappa shape index (κ2) is 6.42. The molecular weight excluding hydrogens is 278 g/mol. The summed E-state index contributed by atoms with van der Waals surface area (Å²) in [5.41, 5.74) is 2.36. The zero-order valence-corrected chi connectivity index (χ0v) is 13.3. The molecule has 2 aromatic heterocycles. The maximum atomic E-state index is 12.6. The van der Waals surface area contributed by atoms with Gasteiger partial charge in [0.25, 0.3) is 5.91 Å². The molecule has 2 heterocycles. The highest BCUT2D eigenvalue weighted by Crippen LogP contribution is 2.32. The van der Waals surface area contributed by atoms with Gasteiger partial charge in [0, 0.05) is 17.7 Å². The molecule has 0 aliphatic heterocycles. The molecule has 0 bridgehead atoms. The Bertz CT molecular complexity index is 634. The van der Waals surface area contributed by atoms with Gasteiger partial charge < -0.3 is 14.2 Å². The van der Waals surface area contributed by atoms with Gasteiger partial charge in [-0.25, -0.2) is 0 Å². The average molecular weight is 301 g/mol. The predicted octanol–water partition coefficient (Wildman–Crippen LogP) is 4.47. The largest absolute Gasteiger partial charge is 0.472 e. The fourth-order valence-corrected chi connectivity index (χ4v) is 3.43. The minimum absolute atomic E-state index is 0.0453. The molecule has 1 aliphatic rings. The van der Waals surface area contributed by atoms with E-state index in [-0.39, 0.29) is 5.91 Å². The topological polar surface area (TPSA) is 55.4 Å². The number of carbonyl (C=O) groups is 1. The molecule has 1 N–H and O–H groups in total. The number of nitrogens with one attached hydrogen (secondary N) is 1. The van der Waals surface area contributed by atoms with E-state index in [1.807, 2.05) is 19.9 Å². The quantitative estimate of drug-likeness (QED) is 0.906. The lowest BCUT2D eigenvalue weighted by Gasteiger charge is -2.21. The second-order valence-electron chi connectivity index (χ2n) is 6.19. The predicted molar refractivity (Wildman–Crippen MR) is 84.8 cm³/mol. The van der Waals surface area contributed by atoms with Crippen LogP contribution in [0.3, 0.4) is 0 Å². The fraction of sp³-hybridized carbons (Fsp3) is 0.500. The van der Waals surface area contributed by atoms with Gasteiger partial charge in [0.2, 0.25) is 0 Å². The number of amides is 1. The van der Waals surface area contributed by atoms with E-state index in [2.05, 4.69) is 5.32 Å². The maximum absolute atomic E-state index is 12.6. The van der Waals surface area contributed by atoms with E-state index in [9.17, 15) is 4.79 Å². The molecule has 22 heavy (non-hydrogen) atoms. The Labute approximate surface area is 130 Å². The third-order valence-corrected chi connectivity index (χ3v) is 4.57. The Balaban J connectivity index is 1.77. The molecule has 0 saturated heterocycles. The van der Waals surface area contributed by atoms with Crippen LogP contribution in [0, 0.1) is 19.8 Å². The number of furan rings is 2. The van der Waals surface area contributed by atoms with Crippen molar-refractivity contribution in [3.63, 3.8) is 0 Å². The van der Waals surface area contributed by atoms with Crippen molar-refractivity contribution in [3.8, 4) is 11.1 Å². The van der Waals surface area contributed by atoms with Crippen molar-refractivity contribution >= 4 is 5.91 Å². The van der Waals surface area contributed by atoms with Gasteiger partial charge in [-0.15, -0.1) is 0 Å². The molecule has 4 nitrogen and oxygen atoms in total. The third-order valence-electron chi connectivity index (χ3n) is 4.57. The summed E-state index contributed by atoms with van der Waals surface area (Å²) in [6.07, 6.45) is 9.59. The van der Waals surface area contributed by atoms with E-state index < -0.39 is 0 Å². The van der Waals surface area contributed by atoms with Gasteiger partial charge in [-0.3, -0.25) is 4.79 Å². The Morgan fingerprint density at radius 3 is 2.68 bits per heavy atom. The first-order valence-corrected chi connectivity index (χ1v) is 8.07. The van der Waals surface area contributed by atoms with Crippen molar-refractivity contribution in [1.29, 1.82) is 0 Å². The van der Waals surface area contributed by atoms with Gasteiger partial charge in [0.15, 0.2) is 0 Å². The minimum Gasteiger partial charge on any atom is -0.472 e. The average Bonchev–Trinajstić information content (AvgIpc) is 3.13. The van der Waals surface area contributed by atoms with Crippen LogP contribution in [0.1, 0.15) is 54.0 Å². The molecule has 1 aliphatic carbocycles. The van der Waals surface area contributed by atoms with Crippen LogP contribution in [0.2, 0.25) is 0 Å².